The van der Waals surface area contributed by atoms with Crippen molar-refractivity contribution in [3.8, 4) is 17.0 Å². The molecule has 0 aliphatic carbocycles. The van der Waals surface area contributed by atoms with Gasteiger partial charge in [0, 0.05) is 37.7 Å². The molecule has 0 N–H and O–H groups in total. The van der Waals surface area contributed by atoms with Crippen molar-refractivity contribution in [1.82, 2.24) is 19.6 Å². The van der Waals surface area contributed by atoms with Crippen LogP contribution in [0.5, 0.6) is 5.75 Å². The highest BCUT2D eigenvalue weighted by Crippen LogP contribution is 2.40. The maximum atomic E-state index is 13.3. The largest absolute Gasteiger partial charge is 0.491 e. The molecule has 5 rings (SSSR count). The maximum Gasteiger partial charge on any atom is 0.290 e. The number of aryl methyl sites for hydroxylation is 2. The van der Waals surface area contributed by atoms with Crippen LogP contribution >= 0.6 is 0 Å². The van der Waals surface area contributed by atoms with Crippen LogP contribution in [0.1, 0.15) is 44.9 Å². The lowest BCUT2D eigenvalue weighted by Gasteiger charge is -2.29. The molecule has 182 valence electrons. The summed E-state index contributed by atoms with van der Waals surface area (Å²) in [5.74, 6) is 0.817. The summed E-state index contributed by atoms with van der Waals surface area (Å²) in [6, 6.07) is 4.06. The predicted octanol–water partition coefficient (Wildman–Crippen LogP) is 3.43. The molecule has 9 nitrogen and oxygen atoms in total. The van der Waals surface area contributed by atoms with Crippen molar-refractivity contribution in [2.24, 2.45) is 7.05 Å². The topological polar surface area (TPSA) is 83.6 Å². The van der Waals surface area contributed by atoms with Crippen LogP contribution in [0.3, 0.4) is 0 Å². The fraction of sp³-hybridized carbons (Fsp3) is 0.560. The fourth-order valence-electron chi connectivity index (χ4n) is 4.88. The van der Waals surface area contributed by atoms with Gasteiger partial charge < -0.3 is 19.1 Å². The highest BCUT2D eigenvalue weighted by Gasteiger charge is 2.28. The van der Waals surface area contributed by atoms with Crippen molar-refractivity contribution >= 4 is 16.6 Å². The number of fused-ring (bicyclic) bond motifs is 1. The number of rotatable bonds is 5. The molecule has 0 radical (unpaired) electrons. The van der Waals surface area contributed by atoms with Crippen molar-refractivity contribution in [3.05, 3.63) is 34.2 Å². The van der Waals surface area contributed by atoms with Crippen LogP contribution in [-0.2, 0) is 16.5 Å². The standard InChI is InChI=1S/C25H33N5O4/c1-16(2)34-20-9-8-19-22(17(20)3)23(27-30(19)21-7-5-6-12-33-21)18-15-26-28(4)25(31)24(18)29-10-13-32-14-11-29/h8-9,15-16,21H,5-7,10-14H2,1-4H3. The molecule has 34 heavy (non-hydrogen) atoms. The van der Waals surface area contributed by atoms with E-state index >= 15 is 0 Å². The SMILES string of the molecule is Cc1c(OC(C)C)ccc2c1c(-c1cnn(C)c(=O)c1N1CCOCC1)nn2C1CCCCO1. The molecule has 2 saturated heterocycles. The van der Waals surface area contributed by atoms with Gasteiger partial charge >= 0.3 is 0 Å². The molecule has 0 spiro atoms. The molecule has 0 saturated carbocycles. The van der Waals surface area contributed by atoms with E-state index in [4.69, 9.17) is 19.3 Å². The first-order chi connectivity index (χ1) is 16.5. The van der Waals surface area contributed by atoms with E-state index in [1.54, 1.807) is 13.2 Å². The number of ether oxygens (including phenoxy) is 3. The van der Waals surface area contributed by atoms with E-state index < -0.39 is 0 Å². The molecule has 0 bridgehead atoms. The van der Waals surface area contributed by atoms with Crippen molar-refractivity contribution in [2.45, 2.75) is 52.4 Å². The Morgan fingerprint density at radius 2 is 1.94 bits per heavy atom. The van der Waals surface area contributed by atoms with Gasteiger partial charge in [-0.15, -0.1) is 0 Å². The Hall–Kier alpha value is -2.91. The smallest absolute Gasteiger partial charge is 0.290 e. The van der Waals surface area contributed by atoms with Crippen LogP contribution in [-0.4, -0.2) is 58.6 Å². The molecule has 1 unspecified atom stereocenters. The molecule has 3 aromatic rings. The third-order valence-corrected chi connectivity index (χ3v) is 6.57. The molecule has 2 aliphatic heterocycles. The predicted molar refractivity (Wildman–Crippen MR) is 131 cm³/mol. The summed E-state index contributed by atoms with van der Waals surface area (Å²) in [4.78, 5) is 15.4. The summed E-state index contributed by atoms with van der Waals surface area (Å²) in [6.07, 6.45) is 4.74. The van der Waals surface area contributed by atoms with Gasteiger partial charge in [-0.3, -0.25) is 4.79 Å². The van der Waals surface area contributed by atoms with Gasteiger partial charge in [-0.2, -0.15) is 10.2 Å². The third-order valence-electron chi connectivity index (χ3n) is 6.57. The van der Waals surface area contributed by atoms with Crippen molar-refractivity contribution in [1.29, 1.82) is 0 Å². The minimum absolute atomic E-state index is 0.0471. The number of benzene rings is 1. The summed E-state index contributed by atoms with van der Waals surface area (Å²) in [7, 11) is 1.68. The third kappa shape index (κ3) is 4.07. The summed E-state index contributed by atoms with van der Waals surface area (Å²) in [5, 5.41) is 10.4. The molecular formula is C25H33N5O4. The van der Waals surface area contributed by atoms with Crippen LogP contribution < -0.4 is 15.2 Å². The van der Waals surface area contributed by atoms with Gasteiger partial charge in [0.1, 0.15) is 17.1 Å². The highest BCUT2D eigenvalue weighted by molar-refractivity contribution is 5.99. The van der Waals surface area contributed by atoms with E-state index in [-0.39, 0.29) is 17.9 Å². The second-order valence-corrected chi connectivity index (χ2v) is 9.30. The van der Waals surface area contributed by atoms with E-state index in [1.165, 1.54) is 4.68 Å². The summed E-state index contributed by atoms with van der Waals surface area (Å²) in [5.41, 5.74) is 3.92. The molecule has 1 aromatic carbocycles. The lowest BCUT2D eigenvalue weighted by atomic mass is 10.0. The zero-order valence-electron chi connectivity index (χ0n) is 20.4. The van der Waals surface area contributed by atoms with Gasteiger partial charge in [0.2, 0.25) is 0 Å². The summed E-state index contributed by atoms with van der Waals surface area (Å²) >= 11 is 0. The monoisotopic (exact) mass is 467 g/mol. The number of aromatic nitrogens is 4. The van der Waals surface area contributed by atoms with Crippen LogP contribution in [0.25, 0.3) is 22.2 Å². The van der Waals surface area contributed by atoms with Crippen LogP contribution in [0.15, 0.2) is 23.1 Å². The Labute approximate surface area is 199 Å². The van der Waals surface area contributed by atoms with E-state index in [0.717, 1.165) is 59.3 Å². The van der Waals surface area contributed by atoms with E-state index in [0.29, 0.717) is 32.0 Å². The first-order valence-corrected chi connectivity index (χ1v) is 12.1. The van der Waals surface area contributed by atoms with Gasteiger partial charge in [0.05, 0.1) is 36.6 Å². The molecule has 2 aromatic heterocycles. The molecule has 1 atom stereocenters. The minimum atomic E-state index is -0.136. The van der Waals surface area contributed by atoms with Gasteiger partial charge in [0.15, 0.2) is 6.23 Å². The molecule has 9 heteroatoms. The average molecular weight is 468 g/mol. The van der Waals surface area contributed by atoms with E-state index in [2.05, 4.69) is 23.0 Å². The van der Waals surface area contributed by atoms with Crippen LogP contribution in [0.4, 0.5) is 5.69 Å². The molecule has 0 amide bonds. The summed E-state index contributed by atoms with van der Waals surface area (Å²) in [6.45, 7) is 9.29. The van der Waals surface area contributed by atoms with E-state index in [1.807, 2.05) is 24.6 Å². The number of anilines is 1. The Bertz CT molecular complexity index is 1240. The second kappa shape index (κ2) is 9.38. The number of morpholine rings is 1. The van der Waals surface area contributed by atoms with Gasteiger partial charge in [-0.25, -0.2) is 9.36 Å². The minimum Gasteiger partial charge on any atom is -0.491 e. The fourth-order valence-corrected chi connectivity index (χ4v) is 4.88. The first-order valence-electron chi connectivity index (χ1n) is 12.1. The number of hydrogen-bond donors (Lipinski definition) is 0. The summed E-state index contributed by atoms with van der Waals surface area (Å²) < 4.78 is 21.1. The molecule has 4 heterocycles. The maximum absolute atomic E-state index is 13.3. The number of nitrogens with zero attached hydrogens (tertiary/aromatic N) is 5. The lowest BCUT2D eigenvalue weighted by Crippen LogP contribution is -2.41. The Balaban J connectivity index is 1.76. The Morgan fingerprint density at radius 3 is 2.65 bits per heavy atom. The van der Waals surface area contributed by atoms with Crippen molar-refractivity contribution in [3.63, 3.8) is 0 Å². The Kier molecular flexibility index (Phi) is 6.31. The molecule has 2 fully saturated rings. The second-order valence-electron chi connectivity index (χ2n) is 9.30. The van der Waals surface area contributed by atoms with E-state index in [9.17, 15) is 4.79 Å². The molecule has 2 aliphatic rings. The number of hydrogen-bond acceptors (Lipinski definition) is 7. The van der Waals surface area contributed by atoms with Crippen LogP contribution in [0.2, 0.25) is 0 Å². The van der Waals surface area contributed by atoms with Gasteiger partial charge in [-0.05, 0) is 52.2 Å². The molecular weight excluding hydrogens is 434 g/mol. The first kappa shape index (κ1) is 22.9. The van der Waals surface area contributed by atoms with Gasteiger partial charge in [0.25, 0.3) is 5.56 Å². The van der Waals surface area contributed by atoms with Crippen molar-refractivity contribution < 1.29 is 14.2 Å². The highest BCUT2D eigenvalue weighted by atomic mass is 16.5. The zero-order chi connectivity index (χ0) is 23.8. The van der Waals surface area contributed by atoms with Crippen molar-refractivity contribution in [2.75, 3.05) is 37.8 Å². The zero-order valence-corrected chi connectivity index (χ0v) is 20.4. The normalized spacial score (nSPS) is 19.2. The average Bonchev–Trinajstić information content (AvgIpc) is 3.23. The quantitative estimate of drug-likeness (QED) is 0.568. The van der Waals surface area contributed by atoms with Gasteiger partial charge in [-0.1, -0.05) is 0 Å². The lowest BCUT2D eigenvalue weighted by molar-refractivity contribution is -0.0365. The van der Waals surface area contributed by atoms with Crippen LogP contribution in [0, 0.1) is 6.92 Å². The Morgan fingerprint density at radius 1 is 1.15 bits per heavy atom.